The Hall–Kier alpha value is -3.48. The molecule has 0 fully saturated rings. The average Bonchev–Trinajstić information content (AvgIpc) is 2.94. The maximum absolute atomic E-state index is 12.3. The van der Waals surface area contributed by atoms with E-state index in [-0.39, 0.29) is 43.0 Å². The van der Waals surface area contributed by atoms with Crippen LogP contribution >= 0.6 is 0 Å². The van der Waals surface area contributed by atoms with Crippen LogP contribution < -0.4 is 10.6 Å². The largest absolute Gasteiger partial charge is 0.359 e. The number of fused-ring (bicyclic) bond motifs is 1. The third-order valence-electron chi connectivity index (χ3n) is 4.54. The number of likely N-dealkylation sites (N-methyl/N-ethyl adjacent to an activating group) is 1. The molecule has 2 N–H and O–H groups in total. The van der Waals surface area contributed by atoms with Crippen molar-refractivity contribution in [1.82, 2.24) is 10.2 Å². The molecule has 0 aliphatic carbocycles. The van der Waals surface area contributed by atoms with E-state index in [1.165, 1.54) is 4.90 Å². The molecule has 0 spiro atoms. The number of benzene rings is 2. The topological polar surface area (TPSA) is 95.6 Å². The standard InChI is InChI=1S/C21H21N3O4/c1-22-19(26)13-14-8-10-15(11-9-14)23-18(25)7-4-12-24-20(27)16-5-2-3-6-17(16)21(24)28/h2-3,5-6,8-11H,4,7,12-13H2,1H3,(H,22,26)(H,23,25). The number of imide groups is 1. The number of hydrogen-bond acceptors (Lipinski definition) is 4. The molecule has 0 saturated heterocycles. The van der Waals surface area contributed by atoms with E-state index in [9.17, 15) is 19.2 Å². The van der Waals surface area contributed by atoms with Crippen LogP contribution in [0.25, 0.3) is 0 Å². The maximum atomic E-state index is 12.3. The number of anilines is 1. The maximum Gasteiger partial charge on any atom is 0.261 e. The Morgan fingerprint density at radius 3 is 2.07 bits per heavy atom. The molecule has 7 nitrogen and oxygen atoms in total. The highest BCUT2D eigenvalue weighted by molar-refractivity contribution is 6.21. The molecule has 0 unspecified atom stereocenters. The summed E-state index contributed by atoms with van der Waals surface area (Å²) in [5.74, 6) is -0.902. The van der Waals surface area contributed by atoms with Gasteiger partial charge in [-0.25, -0.2) is 0 Å². The van der Waals surface area contributed by atoms with Crippen LogP contribution in [-0.2, 0) is 16.0 Å². The minimum atomic E-state index is -0.312. The summed E-state index contributed by atoms with van der Waals surface area (Å²) in [6, 6.07) is 13.8. The van der Waals surface area contributed by atoms with E-state index in [2.05, 4.69) is 10.6 Å². The molecule has 3 rings (SSSR count). The molecular weight excluding hydrogens is 358 g/mol. The summed E-state index contributed by atoms with van der Waals surface area (Å²) in [5.41, 5.74) is 2.30. The number of amides is 4. The van der Waals surface area contributed by atoms with Crippen molar-refractivity contribution in [3.63, 3.8) is 0 Å². The van der Waals surface area contributed by atoms with Gasteiger partial charge in [0.05, 0.1) is 17.5 Å². The molecule has 0 bridgehead atoms. The van der Waals surface area contributed by atoms with E-state index < -0.39 is 0 Å². The lowest BCUT2D eigenvalue weighted by Crippen LogP contribution is -2.31. The zero-order chi connectivity index (χ0) is 20.1. The van der Waals surface area contributed by atoms with Crippen molar-refractivity contribution < 1.29 is 19.2 Å². The normalized spacial score (nSPS) is 12.7. The monoisotopic (exact) mass is 379 g/mol. The fourth-order valence-corrected chi connectivity index (χ4v) is 3.04. The van der Waals surface area contributed by atoms with Crippen LogP contribution in [0.3, 0.4) is 0 Å². The number of rotatable bonds is 7. The van der Waals surface area contributed by atoms with Crippen molar-refractivity contribution in [2.75, 3.05) is 18.9 Å². The molecule has 1 heterocycles. The van der Waals surface area contributed by atoms with Crippen molar-refractivity contribution in [2.24, 2.45) is 0 Å². The van der Waals surface area contributed by atoms with Crippen LogP contribution in [-0.4, -0.2) is 42.1 Å². The highest BCUT2D eigenvalue weighted by Gasteiger charge is 2.34. The Morgan fingerprint density at radius 1 is 0.893 bits per heavy atom. The summed E-state index contributed by atoms with van der Waals surface area (Å²) < 4.78 is 0. The molecule has 0 aromatic heterocycles. The zero-order valence-corrected chi connectivity index (χ0v) is 15.5. The molecule has 0 radical (unpaired) electrons. The molecule has 1 aliphatic rings. The first-order valence-corrected chi connectivity index (χ1v) is 9.04. The Morgan fingerprint density at radius 2 is 1.50 bits per heavy atom. The summed E-state index contributed by atoms with van der Waals surface area (Å²) in [7, 11) is 1.58. The molecule has 2 aromatic rings. The van der Waals surface area contributed by atoms with Gasteiger partial charge in [-0.2, -0.15) is 0 Å². The van der Waals surface area contributed by atoms with Crippen molar-refractivity contribution >= 4 is 29.3 Å². The Kier molecular flexibility index (Phi) is 5.84. The molecule has 4 amide bonds. The Labute approximate surface area is 162 Å². The molecule has 1 aliphatic heterocycles. The van der Waals surface area contributed by atoms with E-state index in [4.69, 9.17) is 0 Å². The van der Waals surface area contributed by atoms with Crippen molar-refractivity contribution in [3.05, 3.63) is 65.2 Å². The Bertz CT molecular complexity index is 887. The third kappa shape index (κ3) is 4.25. The van der Waals surface area contributed by atoms with Crippen LogP contribution in [0.4, 0.5) is 5.69 Å². The second-order valence-electron chi connectivity index (χ2n) is 6.51. The van der Waals surface area contributed by atoms with Crippen molar-refractivity contribution in [2.45, 2.75) is 19.3 Å². The number of hydrogen-bond donors (Lipinski definition) is 2. The third-order valence-corrected chi connectivity index (χ3v) is 4.54. The van der Waals surface area contributed by atoms with E-state index in [1.807, 2.05) is 0 Å². The van der Waals surface area contributed by atoms with Crippen LogP contribution in [0, 0.1) is 0 Å². The zero-order valence-electron chi connectivity index (χ0n) is 15.5. The minimum Gasteiger partial charge on any atom is -0.359 e. The van der Waals surface area contributed by atoms with Crippen molar-refractivity contribution in [1.29, 1.82) is 0 Å². The molecular formula is C21H21N3O4. The number of nitrogens with zero attached hydrogens (tertiary/aromatic N) is 1. The van der Waals surface area contributed by atoms with Crippen LogP contribution in [0.1, 0.15) is 39.1 Å². The van der Waals surface area contributed by atoms with Gasteiger partial charge in [0, 0.05) is 25.7 Å². The summed E-state index contributed by atoms with van der Waals surface area (Å²) in [4.78, 5) is 49.2. The SMILES string of the molecule is CNC(=O)Cc1ccc(NC(=O)CCCN2C(=O)c3ccccc3C2=O)cc1. The molecule has 144 valence electrons. The van der Waals surface area contributed by atoms with Gasteiger partial charge in [0.15, 0.2) is 0 Å². The smallest absolute Gasteiger partial charge is 0.261 e. The first kappa shape index (κ1) is 19.3. The van der Waals surface area contributed by atoms with E-state index >= 15 is 0 Å². The second-order valence-corrected chi connectivity index (χ2v) is 6.51. The van der Waals surface area contributed by atoms with E-state index in [1.54, 1.807) is 55.6 Å². The van der Waals surface area contributed by atoms with Gasteiger partial charge in [-0.05, 0) is 36.2 Å². The lowest BCUT2D eigenvalue weighted by atomic mass is 10.1. The predicted octanol–water partition coefficient (Wildman–Crippen LogP) is 1.99. The van der Waals surface area contributed by atoms with Crippen molar-refractivity contribution in [3.8, 4) is 0 Å². The fourth-order valence-electron chi connectivity index (χ4n) is 3.04. The summed E-state index contributed by atoms with van der Waals surface area (Å²) >= 11 is 0. The second kappa shape index (κ2) is 8.47. The van der Waals surface area contributed by atoms with Gasteiger partial charge in [-0.1, -0.05) is 24.3 Å². The minimum absolute atomic E-state index is 0.0788. The molecule has 28 heavy (non-hydrogen) atoms. The summed E-state index contributed by atoms with van der Waals surface area (Å²) in [5, 5.41) is 5.33. The lowest BCUT2D eigenvalue weighted by molar-refractivity contribution is -0.120. The lowest BCUT2D eigenvalue weighted by Gasteiger charge is -2.13. The van der Waals surface area contributed by atoms with Gasteiger partial charge in [-0.15, -0.1) is 0 Å². The number of nitrogens with one attached hydrogen (secondary N) is 2. The Balaban J connectivity index is 1.47. The molecule has 7 heteroatoms. The first-order chi connectivity index (χ1) is 13.5. The van der Waals surface area contributed by atoms with Gasteiger partial charge in [0.25, 0.3) is 11.8 Å². The summed E-state index contributed by atoms with van der Waals surface area (Å²) in [6.45, 7) is 0.199. The van der Waals surface area contributed by atoms with Crippen LogP contribution in [0.5, 0.6) is 0 Å². The predicted molar refractivity (Wildman–Crippen MR) is 104 cm³/mol. The van der Waals surface area contributed by atoms with Crippen LogP contribution in [0.2, 0.25) is 0 Å². The van der Waals surface area contributed by atoms with Gasteiger partial charge in [-0.3, -0.25) is 24.1 Å². The molecule has 0 saturated carbocycles. The van der Waals surface area contributed by atoms with Crippen LogP contribution in [0.15, 0.2) is 48.5 Å². The van der Waals surface area contributed by atoms with E-state index in [0.717, 1.165) is 5.56 Å². The summed E-state index contributed by atoms with van der Waals surface area (Å²) in [6.07, 6.45) is 0.852. The number of carbonyl (C=O) groups excluding carboxylic acids is 4. The highest BCUT2D eigenvalue weighted by Crippen LogP contribution is 2.22. The van der Waals surface area contributed by atoms with Gasteiger partial charge >= 0.3 is 0 Å². The van der Waals surface area contributed by atoms with Gasteiger partial charge in [0.1, 0.15) is 0 Å². The highest BCUT2D eigenvalue weighted by atomic mass is 16.2. The molecule has 2 aromatic carbocycles. The van der Waals surface area contributed by atoms with Gasteiger partial charge < -0.3 is 10.6 Å². The van der Waals surface area contributed by atoms with Gasteiger partial charge in [0.2, 0.25) is 11.8 Å². The average molecular weight is 379 g/mol. The van der Waals surface area contributed by atoms with E-state index in [0.29, 0.717) is 23.2 Å². The molecule has 0 atom stereocenters. The number of carbonyl (C=O) groups is 4. The quantitative estimate of drug-likeness (QED) is 0.719. The fraction of sp³-hybridized carbons (Fsp3) is 0.238. The first-order valence-electron chi connectivity index (χ1n) is 9.04.